The molecule has 0 bridgehead atoms. The molecule has 8 heteroatoms. The average molecular weight is 424 g/mol. The summed E-state index contributed by atoms with van der Waals surface area (Å²) in [5.41, 5.74) is 2.12. The molecule has 2 aliphatic heterocycles. The average Bonchev–Trinajstić information content (AvgIpc) is 3.14. The number of hydrogen-bond acceptors (Lipinski definition) is 5. The van der Waals surface area contributed by atoms with Crippen molar-refractivity contribution in [2.75, 3.05) is 37.6 Å². The molecule has 1 aromatic carbocycles. The number of carbonyl (C=O) groups excluding carboxylic acids is 2. The number of ether oxygens (including phenoxy) is 1. The van der Waals surface area contributed by atoms with Crippen LogP contribution in [0.25, 0.3) is 0 Å². The molecule has 1 aromatic heterocycles. The van der Waals surface area contributed by atoms with E-state index in [1.165, 1.54) is 5.56 Å². The van der Waals surface area contributed by atoms with Gasteiger partial charge in [0.25, 0.3) is 0 Å². The molecular weight excluding hydrogens is 394 g/mol. The third-order valence-corrected chi connectivity index (χ3v) is 5.85. The van der Waals surface area contributed by atoms with Crippen LogP contribution in [-0.2, 0) is 4.79 Å². The number of hydrogen-bond donors (Lipinski definition) is 0. The van der Waals surface area contributed by atoms with E-state index in [0.717, 1.165) is 18.5 Å². The second-order valence-corrected chi connectivity index (χ2v) is 8.37. The molecule has 0 N–H and O–H groups in total. The van der Waals surface area contributed by atoms with Gasteiger partial charge in [-0.3, -0.25) is 14.7 Å². The van der Waals surface area contributed by atoms with Crippen molar-refractivity contribution in [1.82, 2.24) is 19.8 Å². The highest BCUT2D eigenvalue weighted by Gasteiger charge is 2.33. The lowest BCUT2D eigenvalue weighted by molar-refractivity contribution is -0.134. The van der Waals surface area contributed by atoms with Crippen LogP contribution in [0.1, 0.15) is 38.2 Å². The van der Waals surface area contributed by atoms with E-state index < -0.39 is 0 Å². The Labute approximate surface area is 182 Å². The summed E-state index contributed by atoms with van der Waals surface area (Å²) in [5, 5.41) is 0. The molecule has 0 aliphatic carbocycles. The van der Waals surface area contributed by atoms with Crippen molar-refractivity contribution in [2.24, 2.45) is 0 Å². The fraction of sp³-hybridized carbons (Fsp3) is 0.478. The third kappa shape index (κ3) is 4.95. The summed E-state index contributed by atoms with van der Waals surface area (Å²) < 4.78 is 5.87. The summed E-state index contributed by atoms with van der Waals surface area (Å²) in [6, 6.07) is 7.97. The van der Waals surface area contributed by atoms with Crippen molar-refractivity contribution in [3.05, 3.63) is 48.4 Å². The molecule has 0 spiro atoms. The van der Waals surface area contributed by atoms with Crippen molar-refractivity contribution in [3.8, 4) is 5.88 Å². The first-order chi connectivity index (χ1) is 15.0. The molecule has 164 valence electrons. The highest BCUT2D eigenvalue weighted by Crippen LogP contribution is 2.24. The number of carbonyl (C=O) groups is 2. The van der Waals surface area contributed by atoms with Gasteiger partial charge in [-0.2, -0.15) is 0 Å². The quantitative estimate of drug-likeness (QED) is 0.714. The van der Waals surface area contributed by atoms with E-state index >= 15 is 0 Å². The molecule has 3 amide bonds. The van der Waals surface area contributed by atoms with Crippen LogP contribution in [0.15, 0.2) is 42.9 Å². The molecule has 2 aliphatic rings. The SMILES string of the molecule is CC(C)c1ccc(N2CCN(CC(=O)N3CCCC(Oc4cnccn4)C3)C2=O)cc1. The summed E-state index contributed by atoms with van der Waals surface area (Å²) >= 11 is 0. The van der Waals surface area contributed by atoms with Gasteiger partial charge in [0.05, 0.1) is 12.7 Å². The molecule has 8 nitrogen and oxygen atoms in total. The Balaban J connectivity index is 1.32. The number of aromatic nitrogens is 2. The molecule has 3 heterocycles. The van der Waals surface area contributed by atoms with Crippen molar-refractivity contribution in [2.45, 2.75) is 38.7 Å². The largest absolute Gasteiger partial charge is 0.471 e. The predicted octanol–water partition coefficient (Wildman–Crippen LogP) is 2.91. The maximum atomic E-state index is 12.9. The number of anilines is 1. The van der Waals surface area contributed by atoms with Gasteiger partial charge in [0.15, 0.2) is 0 Å². The van der Waals surface area contributed by atoms with Gasteiger partial charge in [0.2, 0.25) is 11.8 Å². The van der Waals surface area contributed by atoms with Gasteiger partial charge in [0, 0.05) is 37.7 Å². The lowest BCUT2D eigenvalue weighted by Crippen LogP contribution is -2.48. The normalized spacial score (nSPS) is 19.3. The minimum absolute atomic E-state index is 0.0437. The van der Waals surface area contributed by atoms with Gasteiger partial charge in [-0.25, -0.2) is 9.78 Å². The summed E-state index contributed by atoms with van der Waals surface area (Å²) in [4.78, 5) is 39.1. The Bertz CT molecular complexity index is 903. The van der Waals surface area contributed by atoms with Crippen LogP contribution in [-0.4, -0.2) is 70.5 Å². The number of nitrogens with zero attached hydrogens (tertiary/aromatic N) is 5. The third-order valence-electron chi connectivity index (χ3n) is 5.85. The Morgan fingerprint density at radius 1 is 1.16 bits per heavy atom. The highest BCUT2D eigenvalue weighted by molar-refractivity contribution is 5.96. The smallest absolute Gasteiger partial charge is 0.325 e. The van der Waals surface area contributed by atoms with Crippen molar-refractivity contribution in [3.63, 3.8) is 0 Å². The lowest BCUT2D eigenvalue weighted by Gasteiger charge is -2.33. The summed E-state index contributed by atoms with van der Waals surface area (Å²) in [5.74, 6) is 0.872. The van der Waals surface area contributed by atoms with Gasteiger partial charge in [0.1, 0.15) is 12.6 Å². The molecular formula is C23H29N5O3. The van der Waals surface area contributed by atoms with Crippen molar-refractivity contribution < 1.29 is 14.3 Å². The number of benzene rings is 1. The van der Waals surface area contributed by atoms with Crippen LogP contribution in [0, 0.1) is 0 Å². The second-order valence-electron chi connectivity index (χ2n) is 8.37. The van der Waals surface area contributed by atoms with E-state index in [1.807, 2.05) is 12.1 Å². The molecule has 1 unspecified atom stereocenters. The van der Waals surface area contributed by atoms with Gasteiger partial charge in [-0.05, 0) is 36.5 Å². The number of urea groups is 1. The van der Waals surface area contributed by atoms with Crippen molar-refractivity contribution in [1.29, 1.82) is 0 Å². The topological polar surface area (TPSA) is 78.9 Å². The molecule has 0 radical (unpaired) electrons. The predicted molar refractivity (Wildman–Crippen MR) is 117 cm³/mol. The Morgan fingerprint density at radius 3 is 2.68 bits per heavy atom. The first-order valence-electron chi connectivity index (χ1n) is 10.9. The van der Waals surface area contributed by atoms with E-state index in [9.17, 15) is 9.59 Å². The van der Waals surface area contributed by atoms with Gasteiger partial charge >= 0.3 is 6.03 Å². The zero-order chi connectivity index (χ0) is 21.8. The zero-order valence-electron chi connectivity index (χ0n) is 18.1. The Morgan fingerprint density at radius 2 is 1.97 bits per heavy atom. The molecule has 1 atom stereocenters. The zero-order valence-corrected chi connectivity index (χ0v) is 18.1. The summed E-state index contributed by atoms with van der Waals surface area (Å²) in [7, 11) is 0. The first-order valence-corrected chi connectivity index (χ1v) is 10.9. The van der Waals surface area contributed by atoms with Gasteiger partial charge in [-0.15, -0.1) is 0 Å². The van der Waals surface area contributed by atoms with Crippen LogP contribution in [0.5, 0.6) is 5.88 Å². The number of likely N-dealkylation sites (tertiary alicyclic amines) is 1. The van der Waals surface area contributed by atoms with Crippen LogP contribution < -0.4 is 9.64 Å². The standard InChI is InChI=1S/C23H29N5O3/c1-17(2)18-5-7-19(8-6-18)28-13-12-27(23(28)30)16-22(29)26-11-3-4-20(15-26)31-21-14-24-9-10-25-21/h5-10,14,17,20H,3-4,11-13,15-16H2,1-2H3. The van der Waals surface area contributed by atoms with E-state index in [2.05, 4.69) is 35.9 Å². The maximum absolute atomic E-state index is 12.9. The lowest BCUT2D eigenvalue weighted by atomic mass is 10.0. The van der Waals surface area contributed by atoms with E-state index in [4.69, 9.17) is 4.74 Å². The second kappa shape index (κ2) is 9.32. The molecule has 2 fully saturated rings. The van der Waals surface area contributed by atoms with E-state index in [-0.39, 0.29) is 24.6 Å². The van der Waals surface area contributed by atoms with Crippen molar-refractivity contribution >= 4 is 17.6 Å². The minimum Gasteiger partial charge on any atom is -0.471 e. The fourth-order valence-corrected chi connectivity index (χ4v) is 4.05. The van der Waals surface area contributed by atoms with E-state index in [0.29, 0.717) is 38.0 Å². The molecule has 0 saturated carbocycles. The van der Waals surface area contributed by atoms with Crippen LogP contribution in [0.3, 0.4) is 0 Å². The molecule has 2 saturated heterocycles. The molecule has 4 rings (SSSR count). The number of amides is 3. The number of piperidine rings is 1. The minimum atomic E-state index is -0.116. The Hall–Kier alpha value is -3.16. The van der Waals surface area contributed by atoms with Crippen LogP contribution >= 0.6 is 0 Å². The van der Waals surface area contributed by atoms with Crippen LogP contribution in [0.2, 0.25) is 0 Å². The Kier molecular flexibility index (Phi) is 6.34. The monoisotopic (exact) mass is 423 g/mol. The highest BCUT2D eigenvalue weighted by atomic mass is 16.5. The first kappa shape index (κ1) is 21.1. The molecule has 2 aromatic rings. The summed E-state index contributed by atoms with van der Waals surface area (Å²) in [6.45, 7) is 6.70. The van der Waals surface area contributed by atoms with Gasteiger partial charge < -0.3 is 14.5 Å². The summed E-state index contributed by atoms with van der Waals surface area (Å²) in [6.07, 6.45) is 6.37. The number of rotatable bonds is 6. The van der Waals surface area contributed by atoms with Crippen LogP contribution in [0.4, 0.5) is 10.5 Å². The van der Waals surface area contributed by atoms with Gasteiger partial charge in [-0.1, -0.05) is 26.0 Å². The fourth-order valence-electron chi connectivity index (χ4n) is 4.05. The molecule has 31 heavy (non-hydrogen) atoms. The van der Waals surface area contributed by atoms with E-state index in [1.54, 1.807) is 33.3 Å². The maximum Gasteiger partial charge on any atom is 0.325 e.